The van der Waals surface area contributed by atoms with Crippen molar-refractivity contribution in [1.82, 2.24) is 14.5 Å². The fourth-order valence-electron chi connectivity index (χ4n) is 4.04. The number of amides is 1. The minimum absolute atomic E-state index is 0.374. The number of carbonyl (C=O) groups is 1. The summed E-state index contributed by atoms with van der Waals surface area (Å²) in [6.45, 7) is 0.818. The van der Waals surface area contributed by atoms with Gasteiger partial charge in [-0.1, -0.05) is 42.5 Å². The van der Waals surface area contributed by atoms with E-state index in [1.165, 1.54) is 17.4 Å². The Balaban J connectivity index is 1.31. The van der Waals surface area contributed by atoms with Gasteiger partial charge in [-0.15, -0.1) is 11.3 Å². The molecule has 204 valence electrons. The lowest BCUT2D eigenvalue weighted by molar-refractivity contribution is -0.114. The van der Waals surface area contributed by atoms with Gasteiger partial charge in [0.05, 0.1) is 22.9 Å². The highest BCUT2D eigenvalue weighted by atomic mass is 32.2. The Morgan fingerprint density at radius 3 is 2.62 bits per heavy atom. The molecule has 40 heavy (non-hydrogen) atoms. The number of nitrogens with zero attached hydrogens (tertiary/aromatic N) is 2. The van der Waals surface area contributed by atoms with Crippen LogP contribution in [0, 0.1) is 11.6 Å². The van der Waals surface area contributed by atoms with E-state index in [1.807, 2.05) is 34.5 Å². The molecular formula is C29H23F2N3O4S2. The van der Waals surface area contributed by atoms with E-state index in [4.69, 9.17) is 4.74 Å². The summed E-state index contributed by atoms with van der Waals surface area (Å²) in [5.41, 5.74) is 1.96. The van der Waals surface area contributed by atoms with E-state index >= 15 is 0 Å². The number of carbonyl (C=O) groups excluding carboxylic acids is 1. The standard InChI is InChI=1S/C29H23F2N3O4S2/c30-25-9-8-24(17-26(25)31)40(36,37)33-28(35)11-10-27-29(23(19-39-27)18-34-14-3-13-32-34)38-15-12-20-6-7-21-4-1-2-5-22(21)16-20/h1-11,13-14,16-17,19H,12,15,18H2,(H,33,35). The topological polar surface area (TPSA) is 90.3 Å². The largest absolute Gasteiger partial charge is 0.491 e. The van der Waals surface area contributed by atoms with Gasteiger partial charge in [0, 0.05) is 35.8 Å². The summed E-state index contributed by atoms with van der Waals surface area (Å²) in [6.07, 6.45) is 6.65. The van der Waals surface area contributed by atoms with E-state index in [9.17, 15) is 22.0 Å². The van der Waals surface area contributed by atoms with Crippen LogP contribution in [0.3, 0.4) is 0 Å². The van der Waals surface area contributed by atoms with E-state index in [0.29, 0.717) is 42.3 Å². The van der Waals surface area contributed by atoms with Crippen molar-refractivity contribution in [2.24, 2.45) is 0 Å². The summed E-state index contributed by atoms with van der Waals surface area (Å²) in [7, 11) is -4.40. The molecule has 0 unspecified atom stereocenters. The third-order valence-electron chi connectivity index (χ3n) is 6.01. The van der Waals surface area contributed by atoms with Gasteiger partial charge in [-0.25, -0.2) is 21.9 Å². The summed E-state index contributed by atoms with van der Waals surface area (Å²) in [5, 5.41) is 8.43. The molecule has 1 N–H and O–H groups in total. The summed E-state index contributed by atoms with van der Waals surface area (Å²) < 4.78 is 61.3. The molecule has 0 saturated heterocycles. The molecule has 1 amide bonds. The molecule has 3 aromatic carbocycles. The fourth-order valence-corrected chi connectivity index (χ4v) is 5.89. The molecule has 0 fully saturated rings. The van der Waals surface area contributed by atoms with Crippen molar-refractivity contribution in [2.75, 3.05) is 6.61 Å². The molecule has 0 aliphatic carbocycles. The number of aromatic nitrogens is 2. The smallest absolute Gasteiger partial charge is 0.264 e. The third-order valence-corrected chi connectivity index (χ3v) is 8.33. The summed E-state index contributed by atoms with van der Waals surface area (Å²) >= 11 is 1.33. The summed E-state index contributed by atoms with van der Waals surface area (Å²) in [4.78, 5) is 12.5. The first-order chi connectivity index (χ1) is 19.3. The maximum atomic E-state index is 13.5. The number of hydrogen-bond donors (Lipinski definition) is 1. The Morgan fingerprint density at radius 2 is 1.85 bits per heavy atom. The maximum absolute atomic E-state index is 13.5. The highest BCUT2D eigenvalue weighted by Gasteiger charge is 2.19. The minimum atomic E-state index is -4.40. The van der Waals surface area contributed by atoms with Gasteiger partial charge in [0.2, 0.25) is 0 Å². The Hall–Kier alpha value is -4.35. The van der Waals surface area contributed by atoms with Crippen LogP contribution >= 0.6 is 11.3 Å². The van der Waals surface area contributed by atoms with Crippen molar-refractivity contribution in [3.8, 4) is 5.75 Å². The second-order valence-corrected chi connectivity index (χ2v) is 11.4. The normalized spacial score (nSPS) is 11.8. The third kappa shape index (κ3) is 6.44. The van der Waals surface area contributed by atoms with E-state index in [1.54, 1.807) is 10.9 Å². The molecule has 11 heteroatoms. The number of ether oxygens (including phenoxy) is 1. The van der Waals surface area contributed by atoms with Gasteiger partial charge in [-0.3, -0.25) is 9.48 Å². The maximum Gasteiger partial charge on any atom is 0.264 e. The predicted octanol–water partition coefficient (Wildman–Crippen LogP) is 5.56. The van der Waals surface area contributed by atoms with Crippen LogP contribution in [-0.4, -0.2) is 30.7 Å². The SMILES string of the molecule is O=C(C=Cc1scc(Cn2cccn2)c1OCCc1ccc2ccccc2c1)NS(=O)(=O)c1ccc(F)c(F)c1. The highest BCUT2D eigenvalue weighted by molar-refractivity contribution is 7.90. The van der Waals surface area contributed by atoms with Crippen molar-refractivity contribution in [3.05, 3.63) is 118 Å². The van der Waals surface area contributed by atoms with Gasteiger partial charge in [0.1, 0.15) is 5.75 Å². The molecule has 0 aliphatic heterocycles. The average Bonchev–Trinajstić information content (AvgIpc) is 3.59. The van der Waals surface area contributed by atoms with Crippen LogP contribution < -0.4 is 9.46 Å². The van der Waals surface area contributed by atoms with E-state index < -0.39 is 32.5 Å². The fraction of sp³-hybridized carbons (Fsp3) is 0.103. The number of fused-ring (bicyclic) bond motifs is 1. The van der Waals surface area contributed by atoms with Crippen LogP contribution in [-0.2, 0) is 27.8 Å². The number of halogens is 2. The van der Waals surface area contributed by atoms with Gasteiger partial charge < -0.3 is 4.74 Å². The zero-order chi connectivity index (χ0) is 28.1. The van der Waals surface area contributed by atoms with Crippen LogP contribution in [0.15, 0.2) is 95.5 Å². The molecule has 7 nitrogen and oxygen atoms in total. The first-order valence-electron chi connectivity index (χ1n) is 12.2. The Bertz CT molecular complexity index is 1800. The highest BCUT2D eigenvalue weighted by Crippen LogP contribution is 2.33. The van der Waals surface area contributed by atoms with Crippen molar-refractivity contribution >= 4 is 44.1 Å². The molecule has 2 aromatic heterocycles. The van der Waals surface area contributed by atoms with Crippen molar-refractivity contribution < 1.29 is 26.7 Å². The number of hydrogen-bond acceptors (Lipinski definition) is 6. The second-order valence-electron chi connectivity index (χ2n) is 8.82. The molecule has 0 bridgehead atoms. The first kappa shape index (κ1) is 27.2. The van der Waals surface area contributed by atoms with E-state index in [2.05, 4.69) is 35.4 Å². The molecule has 0 aliphatic rings. The Labute approximate surface area is 233 Å². The van der Waals surface area contributed by atoms with Crippen molar-refractivity contribution in [3.63, 3.8) is 0 Å². The molecular weight excluding hydrogens is 556 g/mol. The molecule has 2 heterocycles. The first-order valence-corrected chi connectivity index (χ1v) is 14.5. The van der Waals surface area contributed by atoms with Gasteiger partial charge in [-0.2, -0.15) is 5.10 Å². The summed E-state index contributed by atoms with van der Waals surface area (Å²) in [6, 6.07) is 18.2. The van der Waals surface area contributed by atoms with Crippen molar-refractivity contribution in [1.29, 1.82) is 0 Å². The molecule has 5 rings (SSSR count). The van der Waals surface area contributed by atoms with Crippen LogP contribution in [0.2, 0.25) is 0 Å². The zero-order valence-electron chi connectivity index (χ0n) is 21.0. The number of rotatable bonds is 10. The van der Waals surface area contributed by atoms with Gasteiger partial charge in [0.15, 0.2) is 11.6 Å². The molecule has 0 saturated carbocycles. The van der Waals surface area contributed by atoms with E-state index in [0.717, 1.165) is 34.0 Å². The van der Waals surface area contributed by atoms with Crippen LogP contribution in [0.4, 0.5) is 8.78 Å². The van der Waals surface area contributed by atoms with Crippen molar-refractivity contribution in [2.45, 2.75) is 17.9 Å². The number of benzene rings is 3. The lowest BCUT2D eigenvalue weighted by Crippen LogP contribution is -2.29. The lowest BCUT2D eigenvalue weighted by atomic mass is 10.1. The molecule has 0 radical (unpaired) electrons. The Kier molecular flexibility index (Phi) is 8.04. The number of thiophene rings is 1. The summed E-state index contributed by atoms with van der Waals surface area (Å²) in [5.74, 6) is -2.91. The monoisotopic (exact) mass is 579 g/mol. The molecule has 0 spiro atoms. The van der Waals surface area contributed by atoms with Gasteiger partial charge >= 0.3 is 0 Å². The predicted molar refractivity (Wildman–Crippen MR) is 150 cm³/mol. The average molecular weight is 580 g/mol. The lowest BCUT2D eigenvalue weighted by Gasteiger charge is -2.10. The second kappa shape index (κ2) is 11.8. The van der Waals surface area contributed by atoms with Crippen LogP contribution in [0.25, 0.3) is 16.8 Å². The van der Waals surface area contributed by atoms with Crippen LogP contribution in [0.5, 0.6) is 5.75 Å². The minimum Gasteiger partial charge on any atom is -0.491 e. The molecule has 0 atom stereocenters. The Morgan fingerprint density at radius 1 is 1.02 bits per heavy atom. The van der Waals surface area contributed by atoms with Crippen LogP contribution in [0.1, 0.15) is 16.0 Å². The van der Waals surface area contributed by atoms with E-state index in [-0.39, 0.29) is 0 Å². The zero-order valence-corrected chi connectivity index (χ0v) is 22.6. The molecule has 5 aromatic rings. The number of sulfonamides is 1. The van der Waals surface area contributed by atoms with Gasteiger partial charge in [0.25, 0.3) is 15.9 Å². The quantitative estimate of drug-likeness (QED) is 0.219. The number of nitrogens with one attached hydrogen (secondary N) is 1. The van der Waals surface area contributed by atoms with Gasteiger partial charge in [-0.05, 0) is 46.7 Å².